The lowest BCUT2D eigenvalue weighted by molar-refractivity contribution is -0.131. The molecule has 1 amide bonds. The van der Waals surface area contributed by atoms with Gasteiger partial charge in [0.15, 0.2) is 0 Å². The molecule has 5 nitrogen and oxygen atoms in total. The molecule has 0 bridgehead atoms. The number of aliphatic hydroxyl groups excluding tert-OH is 3. The van der Waals surface area contributed by atoms with E-state index in [0.29, 0.717) is 6.42 Å². The largest absolute Gasteiger partial charge is 0.394 e. The molecular weight excluding hydrogens is 763 g/mol. The molecule has 0 aromatic rings. The summed E-state index contributed by atoms with van der Waals surface area (Å²) in [7, 11) is 0. The molecular formula is C57H107NO4. The molecule has 62 heavy (non-hydrogen) atoms. The number of amides is 1. The van der Waals surface area contributed by atoms with Crippen LogP contribution in [0.2, 0.25) is 0 Å². The third kappa shape index (κ3) is 46.3. The maximum Gasteiger partial charge on any atom is 0.249 e. The van der Waals surface area contributed by atoms with Crippen molar-refractivity contribution in [3.63, 3.8) is 0 Å². The van der Waals surface area contributed by atoms with Crippen LogP contribution in [0.4, 0.5) is 0 Å². The Morgan fingerprint density at radius 2 is 0.710 bits per heavy atom. The fraction of sp³-hybridized carbons (Fsp3) is 0.842. The number of allylic oxidation sites excluding steroid dienone is 7. The van der Waals surface area contributed by atoms with Gasteiger partial charge in [0.1, 0.15) is 6.10 Å². The molecule has 3 atom stereocenters. The lowest BCUT2D eigenvalue weighted by atomic mass is 10.0. The van der Waals surface area contributed by atoms with Crippen LogP contribution in [0.15, 0.2) is 48.6 Å². The summed E-state index contributed by atoms with van der Waals surface area (Å²) < 4.78 is 0. The summed E-state index contributed by atoms with van der Waals surface area (Å²) in [5.41, 5.74) is 0. The normalized spacial score (nSPS) is 13.7. The van der Waals surface area contributed by atoms with Crippen molar-refractivity contribution in [2.45, 2.75) is 302 Å². The quantitative estimate of drug-likeness (QED) is 0.0362. The maximum absolute atomic E-state index is 12.5. The molecule has 4 N–H and O–H groups in total. The molecule has 0 rings (SSSR count). The summed E-state index contributed by atoms with van der Waals surface area (Å²) in [6, 6.07) is -0.814. The Labute approximate surface area is 387 Å². The minimum atomic E-state index is -1.11. The highest BCUT2D eigenvalue weighted by molar-refractivity contribution is 5.80. The van der Waals surface area contributed by atoms with Gasteiger partial charge in [0, 0.05) is 0 Å². The number of aliphatic hydroxyl groups is 3. The van der Waals surface area contributed by atoms with E-state index in [4.69, 9.17) is 0 Å². The highest BCUT2D eigenvalue weighted by atomic mass is 16.3. The predicted molar refractivity (Wildman–Crippen MR) is 273 cm³/mol. The third-order valence-corrected chi connectivity index (χ3v) is 12.6. The summed E-state index contributed by atoms with van der Waals surface area (Å²) in [5, 5.41) is 33.1. The smallest absolute Gasteiger partial charge is 0.249 e. The van der Waals surface area contributed by atoms with E-state index in [0.717, 1.165) is 44.9 Å². The number of hydrogen-bond donors (Lipinski definition) is 4. The molecule has 0 aromatic heterocycles. The summed E-state index contributed by atoms with van der Waals surface area (Å²) >= 11 is 0. The third-order valence-electron chi connectivity index (χ3n) is 12.6. The van der Waals surface area contributed by atoms with Crippen LogP contribution in [0.3, 0.4) is 0 Å². The lowest BCUT2D eigenvalue weighted by Crippen LogP contribution is -2.48. The predicted octanol–water partition coefficient (Wildman–Crippen LogP) is 16.8. The minimum absolute atomic E-state index is 0.376. The van der Waals surface area contributed by atoms with Gasteiger partial charge in [0.2, 0.25) is 5.91 Å². The maximum atomic E-state index is 12.5. The Morgan fingerprint density at radius 3 is 1.08 bits per heavy atom. The zero-order valence-corrected chi connectivity index (χ0v) is 41.5. The second-order valence-corrected chi connectivity index (χ2v) is 18.8. The first-order valence-electron chi connectivity index (χ1n) is 27.5. The number of rotatable bonds is 50. The van der Waals surface area contributed by atoms with Crippen LogP contribution < -0.4 is 5.32 Å². The van der Waals surface area contributed by atoms with E-state index in [1.807, 2.05) is 6.08 Å². The summed E-state index contributed by atoms with van der Waals surface area (Å²) in [5.74, 6) is -0.513. The highest BCUT2D eigenvalue weighted by Gasteiger charge is 2.22. The van der Waals surface area contributed by atoms with Crippen molar-refractivity contribution >= 4 is 5.91 Å². The van der Waals surface area contributed by atoms with Crippen LogP contribution in [-0.2, 0) is 4.79 Å². The molecule has 0 radical (unpaired) electrons. The fourth-order valence-corrected chi connectivity index (χ4v) is 8.35. The molecule has 3 unspecified atom stereocenters. The van der Waals surface area contributed by atoms with E-state index in [1.165, 1.54) is 218 Å². The van der Waals surface area contributed by atoms with Crippen molar-refractivity contribution in [3.8, 4) is 0 Å². The molecule has 0 heterocycles. The number of carbonyl (C=O) groups is 1. The molecule has 0 aliphatic carbocycles. The van der Waals surface area contributed by atoms with Crippen molar-refractivity contribution in [3.05, 3.63) is 48.6 Å². The van der Waals surface area contributed by atoms with Gasteiger partial charge in [-0.2, -0.15) is 0 Å². The Bertz CT molecular complexity index is 1000. The SMILES string of the molecule is CCCCCCCC/C=C/CC/C=C/C(O)C(CO)NC(=O)C(O)CCCCCCCCCCCCCCCCCC/C=C\C/C=C\CCCCCCCCCCCCCCC. The molecule has 0 saturated carbocycles. The molecule has 0 fully saturated rings. The average molecular weight is 870 g/mol. The van der Waals surface area contributed by atoms with Crippen LogP contribution in [0, 0.1) is 0 Å². The van der Waals surface area contributed by atoms with E-state index in [1.54, 1.807) is 6.08 Å². The lowest BCUT2D eigenvalue weighted by Gasteiger charge is -2.21. The monoisotopic (exact) mass is 870 g/mol. The Hall–Kier alpha value is -1.69. The first-order valence-corrected chi connectivity index (χ1v) is 27.5. The second-order valence-electron chi connectivity index (χ2n) is 18.8. The molecule has 0 aromatic carbocycles. The topological polar surface area (TPSA) is 89.8 Å². The van der Waals surface area contributed by atoms with Crippen molar-refractivity contribution in [2.24, 2.45) is 0 Å². The van der Waals surface area contributed by atoms with Gasteiger partial charge in [-0.05, 0) is 64.2 Å². The van der Waals surface area contributed by atoms with E-state index in [-0.39, 0.29) is 6.61 Å². The minimum Gasteiger partial charge on any atom is -0.394 e. The van der Waals surface area contributed by atoms with Gasteiger partial charge >= 0.3 is 0 Å². The van der Waals surface area contributed by atoms with Gasteiger partial charge in [-0.3, -0.25) is 4.79 Å². The summed E-state index contributed by atoms with van der Waals surface area (Å²) in [6.07, 6.45) is 69.2. The molecule has 0 aliphatic heterocycles. The fourth-order valence-electron chi connectivity index (χ4n) is 8.35. The zero-order valence-electron chi connectivity index (χ0n) is 41.5. The highest BCUT2D eigenvalue weighted by Crippen LogP contribution is 2.16. The second kappa shape index (κ2) is 51.9. The number of carbonyl (C=O) groups excluding carboxylic acids is 1. The van der Waals surface area contributed by atoms with Gasteiger partial charge in [0.25, 0.3) is 0 Å². The molecule has 0 spiro atoms. The van der Waals surface area contributed by atoms with Crippen molar-refractivity contribution in [2.75, 3.05) is 6.61 Å². The van der Waals surface area contributed by atoms with E-state index in [2.05, 4.69) is 55.6 Å². The standard InChI is InChI=1S/C57H107NO4/c1-3-5-7-9-11-13-15-17-18-19-20-21-22-23-24-25-26-27-28-29-30-31-32-33-34-35-36-37-38-39-40-42-44-46-48-50-52-56(61)57(62)58-54(53-59)55(60)51-49-47-45-43-41-16-14-12-10-8-6-4-2/h24-25,27-28,41,43,49,51,54-56,59-61H,3-23,26,29-40,42,44-48,50,52-53H2,1-2H3,(H,58,62)/b25-24-,28-27-,43-41+,51-49+. The van der Waals surface area contributed by atoms with Crippen molar-refractivity contribution in [1.29, 1.82) is 0 Å². The first-order chi connectivity index (χ1) is 30.6. The van der Waals surface area contributed by atoms with Gasteiger partial charge in [-0.15, -0.1) is 0 Å². The molecule has 0 saturated heterocycles. The van der Waals surface area contributed by atoms with Crippen molar-refractivity contribution < 1.29 is 20.1 Å². The van der Waals surface area contributed by atoms with Gasteiger partial charge in [-0.1, -0.05) is 268 Å². The summed E-state index contributed by atoms with van der Waals surface area (Å²) in [6.45, 7) is 4.16. The summed E-state index contributed by atoms with van der Waals surface area (Å²) in [4.78, 5) is 12.5. The first kappa shape index (κ1) is 60.3. The van der Waals surface area contributed by atoms with Crippen LogP contribution >= 0.6 is 0 Å². The van der Waals surface area contributed by atoms with Crippen LogP contribution in [0.1, 0.15) is 284 Å². The van der Waals surface area contributed by atoms with Gasteiger partial charge < -0.3 is 20.6 Å². The van der Waals surface area contributed by atoms with Gasteiger partial charge in [-0.25, -0.2) is 0 Å². The molecule has 364 valence electrons. The van der Waals surface area contributed by atoms with Crippen molar-refractivity contribution in [1.82, 2.24) is 5.32 Å². The number of hydrogen-bond acceptors (Lipinski definition) is 4. The Kier molecular flexibility index (Phi) is 50.5. The average Bonchev–Trinajstić information content (AvgIpc) is 3.28. The van der Waals surface area contributed by atoms with Crippen LogP contribution in [0.25, 0.3) is 0 Å². The van der Waals surface area contributed by atoms with Crippen LogP contribution in [-0.4, -0.2) is 46.1 Å². The van der Waals surface area contributed by atoms with E-state index in [9.17, 15) is 20.1 Å². The number of unbranched alkanes of at least 4 members (excludes halogenated alkanes) is 36. The van der Waals surface area contributed by atoms with E-state index < -0.39 is 24.2 Å². The Morgan fingerprint density at radius 1 is 0.403 bits per heavy atom. The Balaban J connectivity index is 3.51. The zero-order chi connectivity index (χ0) is 45.1. The molecule has 5 heteroatoms. The van der Waals surface area contributed by atoms with Crippen LogP contribution in [0.5, 0.6) is 0 Å². The number of nitrogens with one attached hydrogen (secondary N) is 1. The van der Waals surface area contributed by atoms with E-state index >= 15 is 0 Å². The van der Waals surface area contributed by atoms with Gasteiger partial charge in [0.05, 0.1) is 18.8 Å². The molecule has 0 aliphatic rings.